The minimum atomic E-state index is -2.34. The van der Waals surface area contributed by atoms with Crippen LogP contribution in [0.5, 0.6) is 0 Å². The zero-order chi connectivity index (χ0) is 24.3. The van der Waals surface area contributed by atoms with E-state index in [1.807, 2.05) is 0 Å². The van der Waals surface area contributed by atoms with Gasteiger partial charge in [-0.25, -0.2) is 0 Å². The Bertz CT molecular complexity index is 359. The average molecular weight is 599 g/mol. The highest BCUT2D eigenvalue weighted by Gasteiger charge is 2.36. The Morgan fingerprint density at radius 1 is 0.364 bits per heavy atom. The van der Waals surface area contributed by atoms with Crippen LogP contribution in [0.2, 0.25) is 6.04 Å². The van der Waals surface area contributed by atoms with Crippen molar-refractivity contribution in [3.63, 3.8) is 0 Å². The van der Waals surface area contributed by atoms with Crippen LogP contribution >= 0.6 is 22.6 Å². The minimum Gasteiger partial charge on any atom is -0.377 e. The molecule has 0 saturated carbocycles. The van der Waals surface area contributed by atoms with Crippen molar-refractivity contribution in [1.82, 2.24) is 0 Å². The highest BCUT2D eigenvalue weighted by Crippen LogP contribution is 2.19. The Morgan fingerprint density at radius 3 is 0.788 bits per heavy atom. The molecule has 0 aromatic heterocycles. The molecule has 0 aliphatic carbocycles. The van der Waals surface area contributed by atoms with Crippen molar-refractivity contribution in [2.45, 2.75) is 154 Å². The lowest BCUT2D eigenvalue weighted by molar-refractivity contribution is 0.122. The quantitative estimate of drug-likeness (QED) is 0.0388. The van der Waals surface area contributed by atoms with E-state index in [0.29, 0.717) is 0 Å². The summed E-state index contributed by atoms with van der Waals surface area (Å²) >= 11 is 2.49. The van der Waals surface area contributed by atoms with Crippen LogP contribution in [0.25, 0.3) is 0 Å². The van der Waals surface area contributed by atoms with Gasteiger partial charge >= 0.3 is 8.80 Å². The second-order valence-corrected chi connectivity index (χ2v) is 14.0. The molecule has 0 aliphatic rings. The van der Waals surface area contributed by atoms with E-state index in [-0.39, 0.29) is 0 Å². The van der Waals surface area contributed by atoms with Crippen LogP contribution in [0.15, 0.2) is 0 Å². The summed E-state index contributed by atoms with van der Waals surface area (Å²) in [4.78, 5) is 0. The summed E-state index contributed by atoms with van der Waals surface area (Å²) in [6.07, 6.45) is 32.8. The number of rotatable bonds is 28. The van der Waals surface area contributed by atoms with Gasteiger partial charge in [0.2, 0.25) is 0 Å². The molecule has 0 aromatic carbocycles. The van der Waals surface area contributed by atoms with Gasteiger partial charge in [0.1, 0.15) is 0 Å². The molecule has 0 rings (SSSR count). The van der Waals surface area contributed by atoms with Crippen molar-refractivity contribution >= 4 is 31.4 Å². The molecular formula is C28H59IO3Si. The standard InChI is InChI=1S/C28H59IO3Si/c1-30-33(31-2,32-3)28-26-24-22-20-18-16-14-12-10-8-6-4-5-7-9-11-13-15-17-19-21-23-25-27-29/h4-28H2,1-3H3. The summed E-state index contributed by atoms with van der Waals surface area (Å²) in [5.41, 5.74) is 0. The Morgan fingerprint density at radius 2 is 0.576 bits per heavy atom. The van der Waals surface area contributed by atoms with Crippen molar-refractivity contribution in [3.8, 4) is 0 Å². The fourth-order valence-corrected chi connectivity index (χ4v) is 7.04. The predicted molar refractivity (Wildman–Crippen MR) is 157 cm³/mol. The van der Waals surface area contributed by atoms with Crippen molar-refractivity contribution in [2.75, 3.05) is 25.8 Å². The van der Waals surface area contributed by atoms with Gasteiger partial charge in [0, 0.05) is 27.4 Å². The van der Waals surface area contributed by atoms with Crippen molar-refractivity contribution < 1.29 is 13.3 Å². The van der Waals surface area contributed by atoms with E-state index >= 15 is 0 Å². The molecule has 0 bridgehead atoms. The van der Waals surface area contributed by atoms with Crippen molar-refractivity contribution in [1.29, 1.82) is 0 Å². The van der Waals surface area contributed by atoms with E-state index in [4.69, 9.17) is 13.3 Å². The molecule has 5 heteroatoms. The molecule has 0 N–H and O–H groups in total. The number of hydrogen-bond acceptors (Lipinski definition) is 3. The van der Waals surface area contributed by atoms with Gasteiger partial charge in [-0.2, -0.15) is 0 Å². The van der Waals surface area contributed by atoms with Crippen LogP contribution in [0.4, 0.5) is 0 Å². The Hall–Kier alpha value is 0.827. The van der Waals surface area contributed by atoms with Gasteiger partial charge in [0.25, 0.3) is 0 Å². The van der Waals surface area contributed by atoms with Crippen LogP contribution in [0.3, 0.4) is 0 Å². The number of unbranched alkanes of at least 4 members (excludes halogenated alkanes) is 22. The summed E-state index contributed by atoms with van der Waals surface area (Å²) in [5, 5.41) is 0. The highest BCUT2D eigenvalue weighted by molar-refractivity contribution is 14.1. The second kappa shape index (κ2) is 27.4. The van der Waals surface area contributed by atoms with Gasteiger partial charge in [-0.1, -0.05) is 157 Å². The summed E-state index contributed by atoms with van der Waals surface area (Å²) < 4.78 is 17.8. The molecule has 0 amide bonds. The molecule has 33 heavy (non-hydrogen) atoms. The Balaban J connectivity index is 3.15. The molecule has 0 spiro atoms. The monoisotopic (exact) mass is 598 g/mol. The maximum atomic E-state index is 5.48. The molecule has 0 aromatic rings. The third-order valence-electron chi connectivity index (χ3n) is 7.05. The van der Waals surface area contributed by atoms with Gasteiger partial charge < -0.3 is 13.3 Å². The lowest BCUT2D eigenvalue weighted by atomic mass is 10.0. The normalized spacial score (nSPS) is 12.0. The SMILES string of the molecule is CO[Si](CCCCCCCCCCCCCCCCCCCCCCCCCI)(OC)OC. The Labute approximate surface area is 223 Å². The predicted octanol–water partition coefficient (Wildman–Crippen LogP) is 10.3. The third kappa shape index (κ3) is 23.0. The summed E-state index contributed by atoms with van der Waals surface area (Å²) in [6.45, 7) is 0. The number of alkyl halides is 1. The second-order valence-electron chi connectivity index (χ2n) is 9.87. The zero-order valence-electron chi connectivity index (χ0n) is 22.8. The minimum absolute atomic E-state index is 0.940. The summed E-state index contributed by atoms with van der Waals surface area (Å²) in [6, 6.07) is 0.940. The number of hydrogen-bond donors (Lipinski definition) is 0. The molecule has 3 nitrogen and oxygen atoms in total. The summed E-state index contributed by atoms with van der Waals surface area (Å²) in [7, 11) is 2.78. The smallest absolute Gasteiger partial charge is 0.377 e. The molecular weight excluding hydrogens is 539 g/mol. The largest absolute Gasteiger partial charge is 0.500 e. The molecule has 200 valence electrons. The molecule has 0 heterocycles. The van der Waals surface area contributed by atoms with Gasteiger partial charge in [0.05, 0.1) is 0 Å². The third-order valence-corrected chi connectivity index (χ3v) is 10.6. The molecule has 0 radical (unpaired) electrons. The molecule has 0 saturated heterocycles. The molecule has 0 aliphatic heterocycles. The first-order valence-electron chi connectivity index (χ1n) is 14.5. The lowest BCUT2D eigenvalue weighted by Gasteiger charge is -2.24. The van der Waals surface area contributed by atoms with E-state index in [0.717, 1.165) is 12.5 Å². The van der Waals surface area contributed by atoms with Gasteiger partial charge in [-0.3, -0.25) is 0 Å². The molecule has 0 unspecified atom stereocenters. The summed E-state index contributed by atoms with van der Waals surface area (Å²) in [5.74, 6) is 0. The molecule has 0 atom stereocenters. The lowest BCUT2D eigenvalue weighted by Crippen LogP contribution is -2.42. The van der Waals surface area contributed by atoms with E-state index in [9.17, 15) is 0 Å². The number of halogens is 1. The highest BCUT2D eigenvalue weighted by atomic mass is 127. The van der Waals surface area contributed by atoms with Crippen molar-refractivity contribution in [2.24, 2.45) is 0 Å². The maximum Gasteiger partial charge on any atom is 0.500 e. The van der Waals surface area contributed by atoms with Crippen molar-refractivity contribution in [3.05, 3.63) is 0 Å². The first-order valence-corrected chi connectivity index (χ1v) is 17.9. The van der Waals surface area contributed by atoms with E-state index in [1.54, 1.807) is 21.3 Å². The van der Waals surface area contributed by atoms with Gasteiger partial charge in [-0.05, 0) is 17.3 Å². The average Bonchev–Trinajstić information content (AvgIpc) is 2.84. The van der Waals surface area contributed by atoms with E-state index < -0.39 is 8.80 Å². The van der Waals surface area contributed by atoms with Gasteiger partial charge in [0.15, 0.2) is 0 Å². The van der Waals surface area contributed by atoms with Crippen LogP contribution in [0, 0.1) is 0 Å². The Kier molecular flexibility index (Phi) is 28.1. The first kappa shape index (κ1) is 33.8. The maximum absolute atomic E-state index is 5.48. The zero-order valence-corrected chi connectivity index (χ0v) is 25.9. The van der Waals surface area contributed by atoms with Crippen LogP contribution in [-0.2, 0) is 13.3 Å². The van der Waals surface area contributed by atoms with Crippen LogP contribution in [0.1, 0.15) is 148 Å². The van der Waals surface area contributed by atoms with Crippen LogP contribution < -0.4 is 0 Å². The first-order chi connectivity index (χ1) is 16.2. The van der Waals surface area contributed by atoms with Crippen LogP contribution in [-0.4, -0.2) is 34.6 Å². The van der Waals surface area contributed by atoms with Gasteiger partial charge in [-0.15, -0.1) is 0 Å². The molecule has 0 fully saturated rings. The van der Waals surface area contributed by atoms with E-state index in [2.05, 4.69) is 22.6 Å². The fraction of sp³-hybridized carbons (Fsp3) is 1.00. The fourth-order valence-electron chi connectivity index (χ4n) is 4.70. The topological polar surface area (TPSA) is 27.7 Å². The van der Waals surface area contributed by atoms with E-state index in [1.165, 1.54) is 146 Å².